The van der Waals surface area contributed by atoms with Gasteiger partial charge in [0.15, 0.2) is 0 Å². The minimum atomic E-state index is 0.233. The minimum absolute atomic E-state index is 0.233. The van der Waals surface area contributed by atoms with Crippen LogP contribution in [0.2, 0.25) is 0 Å². The first-order valence-electron chi connectivity index (χ1n) is 7.57. The van der Waals surface area contributed by atoms with Crippen molar-refractivity contribution in [1.29, 1.82) is 0 Å². The van der Waals surface area contributed by atoms with Crippen LogP contribution in [0, 0.1) is 5.92 Å². The standard InChI is InChI=1S/C16H22N2O2/c19-16(11-13-5-3-8-17-12-13)18-9-4-10-20-15-7-2-1-6-14(15)18/h1-2,6-7,13,17H,3-5,8-12H2. The zero-order valence-corrected chi connectivity index (χ0v) is 11.8. The van der Waals surface area contributed by atoms with Crippen molar-refractivity contribution in [3.05, 3.63) is 24.3 Å². The number of hydrogen-bond acceptors (Lipinski definition) is 3. The lowest BCUT2D eigenvalue weighted by atomic mass is 9.95. The maximum absolute atomic E-state index is 12.6. The van der Waals surface area contributed by atoms with Gasteiger partial charge in [0.05, 0.1) is 12.3 Å². The molecule has 1 saturated heterocycles. The van der Waals surface area contributed by atoms with Gasteiger partial charge in [-0.25, -0.2) is 0 Å². The van der Waals surface area contributed by atoms with Gasteiger partial charge < -0.3 is 15.0 Å². The molecule has 1 aromatic rings. The maximum Gasteiger partial charge on any atom is 0.227 e. The number of rotatable bonds is 2. The molecular formula is C16H22N2O2. The fraction of sp³-hybridized carbons (Fsp3) is 0.562. The van der Waals surface area contributed by atoms with Gasteiger partial charge in [-0.1, -0.05) is 12.1 Å². The number of hydrogen-bond donors (Lipinski definition) is 1. The largest absolute Gasteiger partial charge is 0.491 e. The highest BCUT2D eigenvalue weighted by Crippen LogP contribution is 2.31. The van der Waals surface area contributed by atoms with Gasteiger partial charge in [0, 0.05) is 13.0 Å². The molecule has 0 saturated carbocycles. The molecule has 1 aromatic carbocycles. The van der Waals surface area contributed by atoms with E-state index in [9.17, 15) is 4.79 Å². The van der Waals surface area contributed by atoms with Gasteiger partial charge in [0.1, 0.15) is 5.75 Å². The Balaban J connectivity index is 1.73. The van der Waals surface area contributed by atoms with E-state index in [4.69, 9.17) is 4.74 Å². The molecule has 1 atom stereocenters. The topological polar surface area (TPSA) is 41.6 Å². The van der Waals surface area contributed by atoms with Crippen molar-refractivity contribution in [3.8, 4) is 5.75 Å². The third-order valence-electron chi connectivity index (χ3n) is 4.10. The Hall–Kier alpha value is -1.55. The highest BCUT2D eigenvalue weighted by Gasteiger charge is 2.25. The molecular weight excluding hydrogens is 252 g/mol. The molecule has 20 heavy (non-hydrogen) atoms. The highest BCUT2D eigenvalue weighted by molar-refractivity contribution is 5.95. The van der Waals surface area contributed by atoms with Crippen LogP contribution >= 0.6 is 0 Å². The van der Waals surface area contributed by atoms with E-state index in [1.807, 2.05) is 29.2 Å². The lowest BCUT2D eigenvalue weighted by Gasteiger charge is -2.26. The average Bonchev–Trinajstić information content (AvgIpc) is 2.70. The zero-order chi connectivity index (χ0) is 13.8. The quantitative estimate of drug-likeness (QED) is 0.899. The van der Waals surface area contributed by atoms with Gasteiger partial charge in [-0.15, -0.1) is 0 Å². The molecule has 2 heterocycles. The van der Waals surface area contributed by atoms with Crippen LogP contribution in [0.5, 0.6) is 5.75 Å². The predicted octanol–water partition coefficient (Wildman–Crippen LogP) is 2.19. The molecule has 0 aliphatic carbocycles. The number of carbonyl (C=O) groups is 1. The molecule has 0 spiro atoms. The van der Waals surface area contributed by atoms with Crippen molar-refractivity contribution < 1.29 is 9.53 Å². The first kappa shape index (κ1) is 13.4. The van der Waals surface area contributed by atoms with Crippen molar-refractivity contribution in [2.24, 2.45) is 5.92 Å². The lowest BCUT2D eigenvalue weighted by molar-refractivity contribution is -0.119. The molecule has 1 N–H and O–H groups in total. The zero-order valence-electron chi connectivity index (χ0n) is 11.8. The monoisotopic (exact) mass is 274 g/mol. The Morgan fingerprint density at radius 1 is 1.35 bits per heavy atom. The summed E-state index contributed by atoms with van der Waals surface area (Å²) in [4.78, 5) is 14.5. The molecule has 0 aromatic heterocycles. The Labute approximate surface area is 120 Å². The maximum atomic E-state index is 12.6. The summed E-state index contributed by atoms with van der Waals surface area (Å²) >= 11 is 0. The number of nitrogens with one attached hydrogen (secondary N) is 1. The van der Waals surface area contributed by atoms with Gasteiger partial charge in [-0.2, -0.15) is 0 Å². The summed E-state index contributed by atoms with van der Waals surface area (Å²) in [5, 5.41) is 3.38. The first-order valence-corrected chi connectivity index (χ1v) is 7.57. The van der Waals surface area contributed by atoms with E-state index >= 15 is 0 Å². The summed E-state index contributed by atoms with van der Waals surface area (Å²) < 4.78 is 5.71. The Morgan fingerprint density at radius 2 is 2.25 bits per heavy atom. The smallest absolute Gasteiger partial charge is 0.227 e. The van der Waals surface area contributed by atoms with Gasteiger partial charge in [0.2, 0.25) is 5.91 Å². The van der Waals surface area contributed by atoms with E-state index in [-0.39, 0.29) is 5.91 Å². The normalized spacial score (nSPS) is 22.6. The van der Waals surface area contributed by atoms with E-state index in [2.05, 4.69) is 5.32 Å². The molecule has 0 bridgehead atoms. The highest BCUT2D eigenvalue weighted by atomic mass is 16.5. The fourth-order valence-electron chi connectivity index (χ4n) is 3.04. The van der Waals surface area contributed by atoms with Gasteiger partial charge in [-0.3, -0.25) is 4.79 Å². The molecule has 4 heteroatoms. The molecule has 4 nitrogen and oxygen atoms in total. The van der Waals surface area contributed by atoms with Gasteiger partial charge >= 0.3 is 0 Å². The van der Waals surface area contributed by atoms with E-state index in [0.717, 1.165) is 43.9 Å². The third kappa shape index (κ3) is 2.96. The van der Waals surface area contributed by atoms with E-state index in [1.54, 1.807) is 0 Å². The summed E-state index contributed by atoms with van der Waals surface area (Å²) in [6.07, 6.45) is 3.87. The van der Waals surface area contributed by atoms with Gasteiger partial charge in [0.25, 0.3) is 0 Å². The predicted molar refractivity (Wildman–Crippen MR) is 79.1 cm³/mol. The van der Waals surface area contributed by atoms with Crippen molar-refractivity contribution in [2.45, 2.75) is 25.7 Å². The molecule has 3 rings (SSSR count). The van der Waals surface area contributed by atoms with Crippen LogP contribution in [-0.4, -0.2) is 32.1 Å². The van der Waals surface area contributed by atoms with Crippen molar-refractivity contribution in [2.75, 3.05) is 31.1 Å². The van der Waals surface area contributed by atoms with E-state index in [0.29, 0.717) is 18.9 Å². The average molecular weight is 274 g/mol. The second kappa shape index (κ2) is 6.27. The number of para-hydroxylation sites is 2. The van der Waals surface area contributed by atoms with Crippen molar-refractivity contribution >= 4 is 11.6 Å². The molecule has 1 fully saturated rings. The molecule has 2 aliphatic rings. The van der Waals surface area contributed by atoms with E-state index in [1.165, 1.54) is 6.42 Å². The van der Waals surface area contributed by atoms with Crippen LogP contribution in [-0.2, 0) is 4.79 Å². The number of anilines is 1. The number of amides is 1. The second-order valence-corrected chi connectivity index (χ2v) is 5.63. The number of piperidine rings is 1. The Kier molecular flexibility index (Phi) is 4.21. The van der Waals surface area contributed by atoms with Crippen LogP contribution in [0.1, 0.15) is 25.7 Å². The lowest BCUT2D eigenvalue weighted by Crippen LogP contribution is -2.37. The SMILES string of the molecule is O=C(CC1CCCNC1)N1CCCOc2ccccc21. The third-order valence-corrected chi connectivity index (χ3v) is 4.10. The van der Waals surface area contributed by atoms with Crippen molar-refractivity contribution in [3.63, 3.8) is 0 Å². The van der Waals surface area contributed by atoms with Crippen LogP contribution in [0.15, 0.2) is 24.3 Å². The summed E-state index contributed by atoms with van der Waals surface area (Å²) in [6, 6.07) is 7.86. The van der Waals surface area contributed by atoms with Gasteiger partial charge in [-0.05, 0) is 50.4 Å². The van der Waals surface area contributed by atoms with Crippen LogP contribution < -0.4 is 15.0 Å². The minimum Gasteiger partial charge on any atom is -0.491 e. The number of nitrogens with zero attached hydrogens (tertiary/aromatic N) is 1. The Bertz CT molecular complexity index is 469. The summed E-state index contributed by atoms with van der Waals surface area (Å²) in [5.74, 6) is 1.55. The molecule has 1 unspecified atom stereocenters. The Morgan fingerprint density at radius 3 is 3.10 bits per heavy atom. The number of fused-ring (bicyclic) bond motifs is 1. The van der Waals surface area contributed by atoms with Crippen molar-refractivity contribution in [1.82, 2.24) is 5.32 Å². The number of carbonyl (C=O) groups excluding carboxylic acids is 1. The molecule has 1 amide bonds. The second-order valence-electron chi connectivity index (χ2n) is 5.63. The first-order chi connectivity index (χ1) is 9.84. The molecule has 108 valence electrons. The van der Waals surface area contributed by atoms with Crippen LogP contribution in [0.25, 0.3) is 0 Å². The molecule has 2 aliphatic heterocycles. The molecule has 0 radical (unpaired) electrons. The van der Waals surface area contributed by atoms with Crippen LogP contribution in [0.4, 0.5) is 5.69 Å². The number of ether oxygens (including phenoxy) is 1. The number of benzene rings is 1. The summed E-state index contributed by atoms with van der Waals surface area (Å²) in [6.45, 7) is 3.50. The summed E-state index contributed by atoms with van der Waals surface area (Å²) in [5.41, 5.74) is 0.929. The fourth-order valence-corrected chi connectivity index (χ4v) is 3.04. The summed E-state index contributed by atoms with van der Waals surface area (Å²) in [7, 11) is 0. The van der Waals surface area contributed by atoms with E-state index < -0.39 is 0 Å². The van der Waals surface area contributed by atoms with Crippen LogP contribution in [0.3, 0.4) is 0 Å².